The summed E-state index contributed by atoms with van der Waals surface area (Å²) in [6.45, 7) is 5.91. The first kappa shape index (κ1) is 17.4. The van der Waals surface area contributed by atoms with Crippen molar-refractivity contribution in [3.05, 3.63) is 94.9 Å². The normalized spacial score (nSPS) is 13.7. The van der Waals surface area contributed by atoms with Crippen molar-refractivity contribution >= 4 is 10.9 Å². The monoisotopic (exact) mass is 360 g/mol. The fourth-order valence-electron chi connectivity index (χ4n) is 3.33. The van der Waals surface area contributed by atoms with Crippen LogP contribution in [-0.4, -0.2) is 14.9 Å². The molecule has 1 unspecified atom stereocenters. The number of rotatable bonds is 3. The summed E-state index contributed by atoms with van der Waals surface area (Å²) in [4.78, 5) is 0. The van der Waals surface area contributed by atoms with Gasteiger partial charge in [-0.2, -0.15) is 5.10 Å². The molecule has 1 N–H and O–H groups in total. The van der Waals surface area contributed by atoms with Gasteiger partial charge in [0.05, 0.1) is 17.4 Å². The van der Waals surface area contributed by atoms with E-state index in [0.717, 1.165) is 33.3 Å². The maximum atomic E-state index is 13.2. The van der Waals surface area contributed by atoms with Crippen LogP contribution in [0.3, 0.4) is 0 Å². The first-order valence-electron chi connectivity index (χ1n) is 8.90. The molecule has 4 aromatic rings. The summed E-state index contributed by atoms with van der Waals surface area (Å²) in [7, 11) is 0. The van der Waals surface area contributed by atoms with Gasteiger partial charge in [-0.25, -0.2) is 9.07 Å². The lowest BCUT2D eigenvalue weighted by Crippen LogP contribution is -2.22. The fraction of sp³-hybridized carbons (Fsp3) is 0.174. The van der Waals surface area contributed by atoms with Crippen LogP contribution in [0.4, 0.5) is 4.39 Å². The van der Waals surface area contributed by atoms with Gasteiger partial charge < -0.3 is 5.11 Å². The number of hydrogen-bond donors (Lipinski definition) is 1. The predicted octanol–water partition coefficient (Wildman–Crippen LogP) is 5.04. The Morgan fingerprint density at radius 1 is 0.889 bits per heavy atom. The van der Waals surface area contributed by atoms with Gasteiger partial charge in [0.25, 0.3) is 0 Å². The van der Waals surface area contributed by atoms with E-state index in [0.29, 0.717) is 0 Å². The molecule has 3 nitrogen and oxygen atoms in total. The smallest absolute Gasteiger partial charge is 0.123 e. The minimum Gasteiger partial charge on any atom is -0.381 e. The van der Waals surface area contributed by atoms with E-state index in [4.69, 9.17) is 0 Å². The Labute approximate surface area is 157 Å². The number of fused-ring (bicyclic) bond motifs is 1. The molecule has 4 rings (SSSR count). The van der Waals surface area contributed by atoms with Crippen LogP contribution in [0.5, 0.6) is 0 Å². The summed E-state index contributed by atoms with van der Waals surface area (Å²) >= 11 is 0. The molecular weight excluding hydrogens is 339 g/mol. The van der Waals surface area contributed by atoms with Crippen molar-refractivity contribution in [1.29, 1.82) is 0 Å². The molecule has 4 heteroatoms. The molecule has 0 bridgehead atoms. The van der Waals surface area contributed by atoms with E-state index in [1.165, 1.54) is 17.7 Å². The summed E-state index contributed by atoms with van der Waals surface area (Å²) in [5.41, 5.74) is 4.60. The number of hydrogen-bond acceptors (Lipinski definition) is 2. The van der Waals surface area contributed by atoms with Gasteiger partial charge in [0.15, 0.2) is 0 Å². The second-order valence-electron chi connectivity index (χ2n) is 7.18. The standard InChI is InChI=1S/C23H21FN2O/c1-15-4-5-18(12-16(15)2)23(3,27)19-6-11-22-17(13-19)14-25-26(22)21-9-7-20(24)8-10-21/h4-14,27H,1-3H3. The number of aryl methyl sites for hydroxylation is 2. The lowest BCUT2D eigenvalue weighted by Gasteiger charge is -2.25. The Balaban J connectivity index is 1.77. The maximum absolute atomic E-state index is 13.2. The average molecular weight is 360 g/mol. The van der Waals surface area contributed by atoms with E-state index < -0.39 is 5.60 Å². The van der Waals surface area contributed by atoms with E-state index in [9.17, 15) is 9.50 Å². The van der Waals surface area contributed by atoms with E-state index in [-0.39, 0.29) is 5.82 Å². The molecule has 136 valence electrons. The number of aliphatic hydroxyl groups is 1. The Morgan fingerprint density at radius 3 is 2.26 bits per heavy atom. The first-order chi connectivity index (χ1) is 12.9. The van der Waals surface area contributed by atoms with Crippen LogP contribution in [-0.2, 0) is 5.60 Å². The van der Waals surface area contributed by atoms with Crippen molar-refractivity contribution in [2.75, 3.05) is 0 Å². The summed E-state index contributed by atoms with van der Waals surface area (Å²) in [6, 6.07) is 18.1. The summed E-state index contributed by atoms with van der Waals surface area (Å²) in [6.07, 6.45) is 1.76. The molecule has 0 radical (unpaired) electrons. The topological polar surface area (TPSA) is 38.1 Å². The van der Waals surface area contributed by atoms with Crippen LogP contribution in [0.1, 0.15) is 29.2 Å². The van der Waals surface area contributed by atoms with E-state index in [1.807, 2.05) is 50.2 Å². The van der Waals surface area contributed by atoms with Crippen molar-refractivity contribution in [1.82, 2.24) is 9.78 Å². The van der Waals surface area contributed by atoms with E-state index in [1.54, 1.807) is 23.0 Å². The first-order valence-corrected chi connectivity index (χ1v) is 8.90. The summed E-state index contributed by atoms with van der Waals surface area (Å²) in [5, 5.41) is 16.6. The molecule has 1 heterocycles. The third kappa shape index (κ3) is 3.02. The molecule has 0 amide bonds. The zero-order chi connectivity index (χ0) is 19.2. The lowest BCUT2D eigenvalue weighted by molar-refractivity contribution is 0.102. The number of nitrogens with zero attached hydrogens (tertiary/aromatic N) is 2. The van der Waals surface area contributed by atoms with Crippen LogP contribution in [0, 0.1) is 19.7 Å². The van der Waals surface area contributed by atoms with E-state index >= 15 is 0 Å². The van der Waals surface area contributed by atoms with Crippen LogP contribution >= 0.6 is 0 Å². The summed E-state index contributed by atoms with van der Waals surface area (Å²) in [5.74, 6) is -0.276. The molecule has 0 spiro atoms. The quantitative estimate of drug-likeness (QED) is 0.556. The molecule has 1 aromatic heterocycles. The highest BCUT2D eigenvalue weighted by Crippen LogP contribution is 2.32. The zero-order valence-corrected chi connectivity index (χ0v) is 15.6. The Kier molecular flexibility index (Phi) is 4.08. The highest BCUT2D eigenvalue weighted by atomic mass is 19.1. The van der Waals surface area contributed by atoms with Gasteiger partial charge in [0.1, 0.15) is 11.4 Å². The minimum absolute atomic E-state index is 0.276. The minimum atomic E-state index is -1.11. The SMILES string of the molecule is Cc1ccc(C(C)(O)c2ccc3c(cnn3-c3ccc(F)cc3)c2)cc1C. The van der Waals surface area contributed by atoms with Crippen LogP contribution in [0.15, 0.2) is 66.9 Å². The molecule has 0 saturated heterocycles. The highest BCUT2D eigenvalue weighted by Gasteiger charge is 2.26. The third-order valence-electron chi connectivity index (χ3n) is 5.27. The van der Waals surface area contributed by atoms with Crippen molar-refractivity contribution in [2.24, 2.45) is 0 Å². The molecule has 0 aliphatic carbocycles. The molecule has 0 fully saturated rings. The highest BCUT2D eigenvalue weighted by molar-refractivity contribution is 5.81. The van der Waals surface area contributed by atoms with Crippen molar-refractivity contribution < 1.29 is 9.50 Å². The molecule has 0 aliphatic heterocycles. The Bertz CT molecular complexity index is 1130. The Hall–Kier alpha value is -2.98. The fourth-order valence-corrected chi connectivity index (χ4v) is 3.33. The summed E-state index contributed by atoms with van der Waals surface area (Å²) < 4.78 is 15.0. The molecule has 0 saturated carbocycles. The van der Waals surface area contributed by atoms with Crippen molar-refractivity contribution in [3.8, 4) is 5.69 Å². The van der Waals surface area contributed by atoms with Gasteiger partial charge in [0.2, 0.25) is 0 Å². The second-order valence-corrected chi connectivity index (χ2v) is 7.18. The number of aromatic nitrogens is 2. The van der Waals surface area contributed by atoms with Gasteiger partial charge in [-0.15, -0.1) is 0 Å². The average Bonchev–Trinajstić information content (AvgIpc) is 3.08. The molecule has 0 aliphatic rings. The number of halogens is 1. The van der Waals surface area contributed by atoms with Gasteiger partial charge >= 0.3 is 0 Å². The molecule has 27 heavy (non-hydrogen) atoms. The number of benzene rings is 3. The lowest BCUT2D eigenvalue weighted by atomic mass is 9.86. The van der Waals surface area contributed by atoms with Gasteiger partial charge in [-0.05, 0) is 79.4 Å². The predicted molar refractivity (Wildman–Crippen MR) is 106 cm³/mol. The maximum Gasteiger partial charge on any atom is 0.123 e. The van der Waals surface area contributed by atoms with Crippen LogP contribution in [0.25, 0.3) is 16.6 Å². The Morgan fingerprint density at radius 2 is 1.56 bits per heavy atom. The second kappa shape index (κ2) is 6.32. The molecular formula is C23H21FN2O. The van der Waals surface area contributed by atoms with Gasteiger partial charge in [-0.3, -0.25) is 0 Å². The van der Waals surface area contributed by atoms with Gasteiger partial charge in [0, 0.05) is 5.39 Å². The largest absolute Gasteiger partial charge is 0.381 e. The zero-order valence-electron chi connectivity index (χ0n) is 15.6. The molecule has 3 aromatic carbocycles. The van der Waals surface area contributed by atoms with Crippen LogP contribution in [0.2, 0.25) is 0 Å². The van der Waals surface area contributed by atoms with E-state index in [2.05, 4.69) is 12.0 Å². The molecule has 1 atom stereocenters. The third-order valence-corrected chi connectivity index (χ3v) is 5.27. The van der Waals surface area contributed by atoms with Crippen LogP contribution < -0.4 is 0 Å². The van der Waals surface area contributed by atoms with Crippen molar-refractivity contribution in [2.45, 2.75) is 26.4 Å². The van der Waals surface area contributed by atoms with Crippen molar-refractivity contribution in [3.63, 3.8) is 0 Å². The van der Waals surface area contributed by atoms with Gasteiger partial charge in [-0.1, -0.05) is 24.3 Å².